The molecular formula is C26H27N7O5. The van der Waals surface area contributed by atoms with Gasteiger partial charge in [-0.3, -0.25) is 24.6 Å². The lowest BCUT2D eigenvalue weighted by atomic mass is 10.1. The molecule has 1 aliphatic rings. The van der Waals surface area contributed by atoms with E-state index in [0.29, 0.717) is 18.8 Å². The van der Waals surface area contributed by atoms with E-state index in [-0.39, 0.29) is 46.6 Å². The Kier molecular flexibility index (Phi) is 7.24. The Balaban J connectivity index is 1.48. The van der Waals surface area contributed by atoms with E-state index in [1.165, 1.54) is 30.5 Å². The highest BCUT2D eigenvalue weighted by Gasteiger charge is 2.31. The van der Waals surface area contributed by atoms with Gasteiger partial charge in [-0.05, 0) is 44.2 Å². The zero-order valence-corrected chi connectivity index (χ0v) is 20.8. The van der Waals surface area contributed by atoms with E-state index in [1.807, 2.05) is 13.8 Å². The van der Waals surface area contributed by atoms with Gasteiger partial charge in [-0.2, -0.15) is 0 Å². The normalized spacial score (nSPS) is 12.7. The number of carbonyl (C=O) groups excluding carboxylic acids is 3. The second kappa shape index (κ2) is 10.5. The molecule has 12 nitrogen and oxygen atoms in total. The third-order valence-corrected chi connectivity index (χ3v) is 6.17. The Bertz CT molecular complexity index is 1510. The lowest BCUT2D eigenvalue weighted by Gasteiger charge is -2.34. The summed E-state index contributed by atoms with van der Waals surface area (Å²) in [5.74, 6) is -2.23. The first-order chi connectivity index (χ1) is 18.1. The maximum atomic E-state index is 12.9. The predicted molar refractivity (Wildman–Crippen MR) is 140 cm³/mol. The Hall–Kier alpha value is -5.00. The molecular weight excluding hydrogens is 490 g/mol. The van der Waals surface area contributed by atoms with Crippen LogP contribution in [0.1, 0.15) is 46.0 Å². The van der Waals surface area contributed by atoms with Crippen molar-refractivity contribution in [1.29, 1.82) is 5.41 Å². The van der Waals surface area contributed by atoms with Crippen molar-refractivity contribution in [2.75, 3.05) is 17.6 Å². The molecule has 0 aliphatic carbocycles. The highest BCUT2D eigenvalue weighted by molar-refractivity contribution is 6.48. The van der Waals surface area contributed by atoms with Crippen molar-refractivity contribution >= 4 is 34.9 Å². The van der Waals surface area contributed by atoms with Gasteiger partial charge in [-0.15, -0.1) is 0 Å². The van der Waals surface area contributed by atoms with E-state index in [0.717, 1.165) is 0 Å². The fraction of sp³-hybridized carbons (Fsp3) is 0.231. The molecule has 0 bridgehead atoms. The van der Waals surface area contributed by atoms with Crippen molar-refractivity contribution in [2.24, 2.45) is 0 Å². The second-order valence-electron chi connectivity index (χ2n) is 8.97. The number of nitrogens with zero attached hydrogens (tertiary/aromatic N) is 3. The number of pyridine rings is 2. The molecule has 0 saturated heterocycles. The van der Waals surface area contributed by atoms with E-state index in [9.17, 15) is 24.3 Å². The number of rotatable bonds is 7. The van der Waals surface area contributed by atoms with Gasteiger partial charge >= 0.3 is 0 Å². The number of nitrogens with two attached hydrogens (primary N) is 1. The van der Waals surface area contributed by atoms with Crippen LogP contribution in [0.15, 0.2) is 53.5 Å². The summed E-state index contributed by atoms with van der Waals surface area (Å²) in [4.78, 5) is 56.1. The van der Waals surface area contributed by atoms with Gasteiger partial charge in [-0.1, -0.05) is 6.07 Å². The molecule has 0 spiro atoms. The summed E-state index contributed by atoms with van der Waals surface area (Å²) in [7, 11) is 0. The number of fused-ring (bicyclic) bond motifs is 1. The van der Waals surface area contributed by atoms with E-state index < -0.39 is 28.9 Å². The van der Waals surface area contributed by atoms with E-state index in [2.05, 4.69) is 15.6 Å². The molecule has 3 amide bonds. The molecule has 196 valence electrons. The second-order valence-corrected chi connectivity index (χ2v) is 8.97. The quantitative estimate of drug-likeness (QED) is 0.293. The van der Waals surface area contributed by atoms with E-state index >= 15 is 0 Å². The lowest BCUT2D eigenvalue weighted by molar-refractivity contribution is -0.110. The van der Waals surface area contributed by atoms with Crippen LogP contribution in [-0.4, -0.2) is 55.6 Å². The zero-order valence-electron chi connectivity index (χ0n) is 20.8. The largest absolute Gasteiger partial charge is 0.503 e. The van der Waals surface area contributed by atoms with Crippen LogP contribution in [0, 0.1) is 5.41 Å². The van der Waals surface area contributed by atoms with Crippen molar-refractivity contribution in [3.63, 3.8) is 0 Å². The number of benzene rings is 1. The summed E-state index contributed by atoms with van der Waals surface area (Å²) in [6, 6.07) is 10.3. The molecule has 0 radical (unpaired) electrons. The summed E-state index contributed by atoms with van der Waals surface area (Å²) >= 11 is 0. The summed E-state index contributed by atoms with van der Waals surface area (Å²) in [5.41, 5.74) is 5.63. The molecule has 2 aromatic heterocycles. The number of amides is 3. The fourth-order valence-corrected chi connectivity index (χ4v) is 4.20. The number of hydrogen-bond acceptors (Lipinski definition) is 8. The van der Waals surface area contributed by atoms with Crippen LogP contribution in [-0.2, 0) is 17.9 Å². The minimum Gasteiger partial charge on any atom is -0.503 e. The fourth-order valence-electron chi connectivity index (χ4n) is 4.20. The highest BCUT2D eigenvalue weighted by atomic mass is 16.3. The molecule has 0 atom stereocenters. The maximum Gasteiger partial charge on any atom is 0.274 e. The summed E-state index contributed by atoms with van der Waals surface area (Å²) < 4.78 is 1.55. The van der Waals surface area contributed by atoms with Crippen LogP contribution in [0.2, 0.25) is 0 Å². The van der Waals surface area contributed by atoms with Gasteiger partial charge in [0.25, 0.3) is 17.7 Å². The summed E-state index contributed by atoms with van der Waals surface area (Å²) in [6.45, 7) is 4.38. The minimum absolute atomic E-state index is 0.0509. The smallest absolute Gasteiger partial charge is 0.274 e. The molecule has 1 aromatic carbocycles. The first kappa shape index (κ1) is 26.1. The topological polar surface area (TPSA) is 183 Å². The number of nitrogen functional groups attached to an aromatic ring is 1. The number of nitrogens with one attached hydrogen (secondary N) is 3. The molecule has 4 rings (SSSR count). The minimum atomic E-state index is -0.725. The van der Waals surface area contributed by atoms with Crippen LogP contribution in [0.5, 0.6) is 5.75 Å². The molecule has 6 N–H and O–H groups in total. The number of carbonyl (C=O) groups is 3. The number of hydrogen-bond donors (Lipinski definition) is 5. The van der Waals surface area contributed by atoms with Crippen molar-refractivity contribution in [3.8, 4) is 5.75 Å². The molecule has 12 heteroatoms. The van der Waals surface area contributed by atoms with Gasteiger partial charge in [0.05, 0.1) is 6.54 Å². The van der Waals surface area contributed by atoms with Crippen LogP contribution in [0.4, 0.5) is 11.5 Å². The lowest BCUT2D eigenvalue weighted by Crippen LogP contribution is -2.46. The zero-order chi connectivity index (χ0) is 27.6. The van der Waals surface area contributed by atoms with Gasteiger partial charge in [-0.25, -0.2) is 4.98 Å². The molecule has 0 fully saturated rings. The average Bonchev–Trinajstić information content (AvgIpc) is 2.89. The third-order valence-electron chi connectivity index (χ3n) is 6.17. The van der Waals surface area contributed by atoms with E-state index in [4.69, 9.17) is 11.1 Å². The van der Waals surface area contributed by atoms with Crippen LogP contribution in [0.25, 0.3) is 0 Å². The SMILES string of the molecule is CC(C)N1CCn2c(CNC(=O)c3cccc(NC(=O)C(=N)c4cccnc4N)c3)cc(=O)c(O)c2C1=O. The maximum absolute atomic E-state index is 12.9. The third kappa shape index (κ3) is 5.09. The molecule has 3 heterocycles. The number of aromatic nitrogens is 2. The summed E-state index contributed by atoms with van der Waals surface area (Å²) in [6.07, 6.45) is 1.45. The van der Waals surface area contributed by atoms with Gasteiger partial charge in [0.1, 0.15) is 11.5 Å². The molecule has 3 aromatic rings. The van der Waals surface area contributed by atoms with Crippen molar-refractivity contribution < 1.29 is 19.5 Å². The molecule has 0 unspecified atom stereocenters. The first-order valence-electron chi connectivity index (χ1n) is 11.8. The first-order valence-corrected chi connectivity index (χ1v) is 11.8. The van der Waals surface area contributed by atoms with Crippen molar-refractivity contribution in [2.45, 2.75) is 33.0 Å². The summed E-state index contributed by atoms with van der Waals surface area (Å²) in [5, 5.41) is 23.7. The number of aromatic hydroxyl groups is 1. The Morgan fingerprint density at radius 3 is 2.63 bits per heavy atom. The van der Waals surface area contributed by atoms with E-state index in [1.54, 1.807) is 27.7 Å². The average molecular weight is 518 g/mol. The highest BCUT2D eigenvalue weighted by Crippen LogP contribution is 2.23. The van der Waals surface area contributed by atoms with Crippen LogP contribution < -0.4 is 21.8 Å². The van der Waals surface area contributed by atoms with Crippen LogP contribution >= 0.6 is 0 Å². The monoisotopic (exact) mass is 517 g/mol. The van der Waals surface area contributed by atoms with Gasteiger partial charge in [0.2, 0.25) is 5.43 Å². The molecule has 38 heavy (non-hydrogen) atoms. The van der Waals surface area contributed by atoms with Crippen LogP contribution in [0.3, 0.4) is 0 Å². The van der Waals surface area contributed by atoms with Crippen molar-refractivity contribution in [1.82, 2.24) is 19.8 Å². The molecule has 1 aliphatic heterocycles. The predicted octanol–water partition coefficient (Wildman–Crippen LogP) is 1.33. The molecule has 0 saturated carbocycles. The Morgan fingerprint density at radius 2 is 1.92 bits per heavy atom. The number of anilines is 2. The van der Waals surface area contributed by atoms with Crippen molar-refractivity contribution in [3.05, 3.63) is 81.4 Å². The van der Waals surface area contributed by atoms with Gasteiger partial charge in [0, 0.05) is 53.9 Å². The standard InChI is InChI=1S/C26H27N7O5/c1-14(2)32-9-10-33-17(12-19(34)22(35)21(33)26(32)38)13-30-24(36)15-5-3-6-16(11-15)31-25(37)20(27)18-7-4-8-29-23(18)28/h3-8,11-12,14,27,35H,9-10,13H2,1-2H3,(H2,28,29)(H,30,36)(H,31,37). The van der Waals surface area contributed by atoms with Gasteiger partial charge < -0.3 is 30.9 Å². The van der Waals surface area contributed by atoms with Gasteiger partial charge in [0.15, 0.2) is 11.4 Å². The Morgan fingerprint density at radius 1 is 1.16 bits per heavy atom. The Labute approximate surface area is 217 Å².